The van der Waals surface area contributed by atoms with Gasteiger partial charge < -0.3 is 9.38 Å². The van der Waals surface area contributed by atoms with Crippen LogP contribution in [0.5, 0.6) is 0 Å². The number of aromatic nitrogens is 1. The maximum Gasteiger partial charge on any atom is 0.333 e. The lowest BCUT2D eigenvalue weighted by Crippen LogP contribution is -2.60. The third-order valence-corrected chi connectivity index (χ3v) is 13.0. The molecule has 0 saturated heterocycles. The molecule has 0 radical (unpaired) electrons. The zero-order valence-electron chi connectivity index (χ0n) is 34.5. The molecule has 280 valence electrons. The van der Waals surface area contributed by atoms with Crippen molar-refractivity contribution >= 4 is 61.7 Å². The van der Waals surface area contributed by atoms with E-state index in [1.807, 2.05) is 0 Å². The number of anilines is 2. The molecule has 3 heteroatoms. The molecule has 0 fully saturated rings. The summed E-state index contributed by atoms with van der Waals surface area (Å²) in [4.78, 5) is 2.67. The van der Waals surface area contributed by atoms with E-state index in [1.165, 1.54) is 111 Å². The van der Waals surface area contributed by atoms with Crippen molar-refractivity contribution in [2.45, 2.75) is 59.3 Å². The third-order valence-electron chi connectivity index (χ3n) is 13.0. The molecule has 3 heterocycles. The van der Waals surface area contributed by atoms with Crippen LogP contribution in [-0.4, -0.2) is 11.4 Å². The van der Waals surface area contributed by atoms with Gasteiger partial charge in [-0.05, 0) is 132 Å². The topological polar surface area (TPSA) is 8.17 Å². The van der Waals surface area contributed by atoms with Gasteiger partial charge in [0, 0.05) is 33.4 Å². The molecule has 8 aromatic carbocycles. The Hall–Kier alpha value is -6.32. The minimum atomic E-state index is -0.0594. The number of fused-ring (bicyclic) bond motifs is 9. The van der Waals surface area contributed by atoms with Crippen LogP contribution in [0.4, 0.5) is 11.4 Å². The Labute approximate surface area is 342 Å². The fourth-order valence-electron chi connectivity index (χ4n) is 9.95. The van der Waals surface area contributed by atoms with E-state index in [4.69, 9.17) is 0 Å². The molecule has 9 aromatic rings. The van der Waals surface area contributed by atoms with Gasteiger partial charge in [0.2, 0.25) is 0 Å². The lowest BCUT2D eigenvalue weighted by molar-refractivity contribution is 0.590. The molecule has 11 rings (SSSR count). The van der Waals surface area contributed by atoms with Crippen LogP contribution in [0.2, 0.25) is 0 Å². The SMILES string of the molecule is Cc1ccccc1-c1cc2c3c(c1)-n1c4ccc(C(C)(C)C)cc4c4cc(C(C)(C)C)cc(c41)B3N(c1ccc(-c3ccccc3)cc1)c1ccc3ccccc3c1-2. The molecule has 0 atom stereocenters. The summed E-state index contributed by atoms with van der Waals surface area (Å²) in [6, 6.07) is 59.9. The highest BCUT2D eigenvalue weighted by molar-refractivity contribution is 6.93. The summed E-state index contributed by atoms with van der Waals surface area (Å²) >= 11 is 0. The molecule has 2 nitrogen and oxygen atoms in total. The number of hydrogen-bond acceptors (Lipinski definition) is 1. The monoisotopic (exact) mass is 746 g/mol. The van der Waals surface area contributed by atoms with Gasteiger partial charge in [0.05, 0.1) is 11.0 Å². The van der Waals surface area contributed by atoms with Crippen molar-refractivity contribution < 1.29 is 0 Å². The summed E-state index contributed by atoms with van der Waals surface area (Å²) in [5, 5.41) is 5.19. The molecule has 0 N–H and O–H groups in total. The van der Waals surface area contributed by atoms with Gasteiger partial charge in [0.25, 0.3) is 0 Å². The van der Waals surface area contributed by atoms with Crippen molar-refractivity contribution in [3.8, 4) is 39.1 Å². The van der Waals surface area contributed by atoms with E-state index in [0.29, 0.717) is 0 Å². The average Bonchev–Trinajstić information content (AvgIpc) is 3.56. The van der Waals surface area contributed by atoms with Crippen molar-refractivity contribution in [1.82, 2.24) is 4.57 Å². The highest BCUT2D eigenvalue weighted by Gasteiger charge is 2.45. The molecule has 1 aromatic heterocycles. The van der Waals surface area contributed by atoms with Crippen LogP contribution < -0.4 is 15.7 Å². The molecule has 0 aliphatic carbocycles. The van der Waals surface area contributed by atoms with Gasteiger partial charge in [0.1, 0.15) is 0 Å². The van der Waals surface area contributed by atoms with E-state index >= 15 is 0 Å². The molecular formula is C55H47BN2. The number of aryl methyl sites for hydroxylation is 1. The zero-order valence-corrected chi connectivity index (χ0v) is 34.5. The van der Waals surface area contributed by atoms with Crippen LogP contribution in [-0.2, 0) is 10.8 Å². The minimum Gasteiger partial charge on any atom is -0.376 e. The lowest BCUT2D eigenvalue weighted by atomic mass is 9.43. The Kier molecular flexibility index (Phi) is 7.43. The summed E-state index contributed by atoms with van der Waals surface area (Å²) < 4.78 is 2.63. The Morgan fingerprint density at radius 2 is 1.17 bits per heavy atom. The standard InChI is InChI=1S/C55H47BN2/c1-34-15-11-13-19-42(34)38-29-46-51-43-20-14-12-18-37(43)23-27-49(51)58(41-25-21-36(22-26-41)35-16-9-8-10-17-35)56-47-33-40(55(5,6)7)32-45-44-31-39(54(2,3)4)24-28-48(44)57(53(45)47)50(30-38)52(46)56/h8-33H,1-7H3. The second-order valence-corrected chi connectivity index (χ2v) is 18.7. The maximum absolute atomic E-state index is 2.67. The minimum absolute atomic E-state index is 0.0210. The zero-order chi connectivity index (χ0) is 39.7. The number of rotatable bonds is 3. The largest absolute Gasteiger partial charge is 0.376 e. The van der Waals surface area contributed by atoms with Crippen LogP contribution in [0.1, 0.15) is 58.2 Å². The van der Waals surface area contributed by atoms with Gasteiger partial charge >= 0.3 is 6.85 Å². The Morgan fingerprint density at radius 3 is 1.93 bits per heavy atom. The second-order valence-electron chi connectivity index (χ2n) is 18.7. The molecule has 2 aliphatic heterocycles. The van der Waals surface area contributed by atoms with Crippen molar-refractivity contribution in [2.75, 3.05) is 4.81 Å². The van der Waals surface area contributed by atoms with Crippen molar-refractivity contribution in [1.29, 1.82) is 0 Å². The van der Waals surface area contributed by atoms with Crippen LogP contribution in [0.15, 0.2) is 158 Å². The Bertz CT molecular complexity index is 3140. The third kappa shape index (κ3) is 5.12. The first-order valence-corrected chi connectivity index (χ1v) is 20.8. The summed E-state index contributed by atoms with van der Waals surface area (Å²) in [7, 11) is 0. The van der Waals surface area contributed by atoms with E-state index < -0.39 is 0 Å². The van der Waals surface area contributed by atoms with Crippen LogP contribution >= 0.6 is 0 Å². The first-order valence-electron chi connectivity index (χ1n) is 20.8. The van der Waals surface area contributed by atoms with E-state index in [9.17, 15) is 0 Å². The fraction of sp³-hybridized carbons (Fsp3) is 0.164. The first kappa shape index (κ1) is 34.9. The smallest absolute Gasteiger partial charge is 0.333 e. The van der Waals surface area contributed by atoms with E-state index in [0.717, 1.165) is 0 Å². The molecule has 0 amide bonds. The Morgan fingerprint density at radius 1 is 0.483 bits per heavy atom. The van der Waals surface area contributed by atoms with Gasteiger partial charge in [-0.15, -0.1) is 0 Å². The predicted molar refractivity (Wildman–Crippen MR) is 250 cm³/mol. The fourth-order valence-corrected chi connectivity index (χ4v) is 9.95. The quantitative estimate of drug-likeness (QED) is 0.163. The van der Waals surface area contributed by atoms with Gasteiger partial charge in [-0.3, -0.25) is 0 Å². The molecule has 0 unspecified atom stereocenters. The number of benzene rings is 8. The van der Waals surface area contributed by atoms with Gasteiger partial charge in [-0.25, -0.2) is 0 Å². The summed E-state index contributed by atoms with van der Waals surface area (Å²) in [6.07, 6.45) is 0. The first-order chi connectivity index (χ1) is 28.0. The van der Waals surface area contributed by atoms with Crippen molar-refractivity contribution in [2.24, 2.45) is 0 Å². The van der Waals surface area contributed by atoms with Crippen LogP contribution in [0, 0.1) is 6.92 Å². The normalized spacial score (nSPS) is 13.4. The van der Waals surface area contributed by atoms with Gasteiger partial charge in [-0.2, -0.15) is 0 Å². The van der Waals surface area contributed by atoms with Crippen molar-refractivity contribution in [3.05, 3.63) is 174 Å². The van der Waals surface area contributed by atoms with E-state index in [-0.39, 0.29) is 17.7 Å². The summed E-state index contributed by atoms with van der Waals surface area (Å²) in [6.45, 7) is 16.3. The molecule has 0 spiro atoms. The molecule has 2 aliphatic rings. The summed E-state index contributed by atoms with van der Waals surface area (Å²) in [5.41, 5.74) is 20.6. The maximum atomic E-state index is 2.67. The molecule has 0 bridgehead atoms. The highest BCUT2D eigenvalue weighted by atomic mass is 15.1. The second kappa shape index (κ2) is 12.3. The van der Waals surface area contributed by atoms with Crippen LogP contribution in [0.3, 0.4) is 0 Å². The van der Waals surface area contributed by atoms with Gasteiger partial charge in [-0.1, -0.05) is 151 Å². The predicted octanol–water partition coefficient (Wildman–Crippen LogP) is 13.4. The number of nitrogens with zero attached hydrogens (tertiary/aromatic N) is 2. The van der Waals surface area contributed by atoms with Gasteiger partial charge in [0.15, 0.2) is 0 Å². The molecule has 58 heavy (non-hydrogen) atoms. The van der Waals surface area contributed by atoms with E-state index in [1.54, 1.807) is 0 Å². The lowest BCUT2D eigenvalue weighted by Gasteiger charge is -2.43. The van der Waals surface area contributed by atoms with Crippen LogP contribution in [0.25, 0.3) is 71.6 Å². The van der Waals surface area contributed by atoms with Crippen molar-refractivity contribution in [3.63, 3.8) is 0 Å². The van der Waals surface area contributed by atoms with E-state index in [2.05, 4.69) is 216 Å². The highest BCUT2D eigenvalue weighted by Crippen LogP contribution is 2.49. The number of hydrogen-bond donors (Lipinski definition) is 0. The summed E-state index contributed by atoms with van der Waals surface area (Å²) in [5.74, 6) is 0. The average molecular weight is 747 g/mol. The Balaban J connectivity index is 1.32. The molecule has 0 saturated carbocycles. The molecular weight excluding hydrogens is 699 g/mol.